The molecule has 8 heteroatoms. The first-order valence-corrected chi connectivity index (χ1v) is 11.3. The molecule has 1 atom stereocenters. The number of carbonyl (C=O) groups is 2. The van der Waals surface area contributed by atoms with Crippen LogP contribution in [0.15, 0.2) is 47.6 Å². The molecule has 0 bridgehead atoms. The number of hydrazone groups is 1. The summed E-state index contributed by atoms with van der Waals surface area (Å²) >= 11 is 0. The van der Waals surface area contributed by atoms with E-state index in [1.54, 1.807) is 25.3 Å². The molecule has 2 rings (SSSR count). The van der Waals surface area contributed by atoms with Crippen LogP contribution in [-0.4, -0.2) is 43.9 Å². The highest BCUT2D eigenvalue weighted by Crippen LogP contribution is 2.28. The molecule has 2 aromatic rings. The van der Waals surface area contributed by atoms with E-state index in [1.165, 1.54) is 6.21 Å². The number of nitrogens with one attached hydrogen (secondary N) is 2. The van der Waals surface area contributed by atoms with Crippen molar-refractivity contribution in [1.82, 2.24) is 10.7 Å². The molecule has 2 amide bonds. The van der Waals surface area contributed by atoms with E-state index in [-0.39, 0.29) is 24.5 Å². The lowest BCUT2D eigenvalue weighted by molar-refractivity contribution is -0.130. The predicted molar refractivity (Wildman–Crippen MR) is 133 cm³/mol. The van der Waals surface area contributed by atoms with Gasteiger partial charge in [0.05, 0.1) is 19.4 Å². The Morgan fingerprint density at radius 2 is 1.76 bits per heavy atom. The van der Waals surface area contributed by atoms with Gasteiger partial charge in [-0.25, -0.2) is 5.43 Å². The van der Waals surface area contributed by atoms with Gasteiger partial charge in [0.1, 0.15) is 11.8 Å². The molecule has 0 saturated carbocycles. The number of para-hydroxylation sites is 1. The summed E-state index contributed by atoms with van der Waals surface area (Å²) in [5.74, 6) is 1.25. The van der Waals surface area contributed by atoms with Crippen molar-refractivity contribution in [2.45, 2.75) is 53.2 Å². The quantitative estimate of drug-likeness (QED) is 0.363. The summed E-state index contributed by atoms with van der Waals surface area (Å²) in [4.78, 5) is 25.1. The van der Waals surface area contributed by atoms with E-state index in [0.717, 1.165) is 11.1 Å². The second-order valence-corrected chi connectivity index (χ2v) is 8.61. The summed E-state index contributed by atoms with van der Waals surface area (Å²) in [6, 6.07) is 12.1. The Morgan fingerprint density at radius 1 is 1.03 bits per heavy atom. The van der Waals surface area contributed by atoms with Crippen LogP contribution in [0.4, 0.5) is 0 Å². The third kappa shape index (κ3) is 8.77. The van der Waals surface area contributed by atoms with Crippen molar-refractivity contribution in [1.29, 1.82) is 0 Å². The molecule has 8 nitrogen and oxygen atoms in total. The standard InChI is InChI=1S/C26H35N3O5/c1-17(2)13-21(28-25(30)16-33-22-10-8-7-9-19(22)5)26(31)29-27-15-20-11-12-23(34-18(3)4)24(14-20)32-6/h7-12,14-15,17-18,21H,13,16H2,1-6H3,(H,28,30)(H,29,31)/b27-15-/t21-/m0/s1. The second kappa shape index (κ2) is 13.2. The van der Waals surface area contributed by atoms with Gasteiger partial charge in [-0.3, -0.25) is 9.59 Å². The summed E-state index contributed by atoms with van der Waals surface area (Å²) in [7, 11) is 1.56. The van der Waals surface area contributed by atoms with Crippen LogP contribution in [0, 0.1) is 12.8 Å². The summed E-state index contributed by atoms with van der Waals surface area (Å²) in [6.07, 6.45) is 1.99. The zero-order chi connectivity index (χ0) is 25.1. The smallest absolute Gasteiger partial charge is 0.262 e. The fourth-order valence-electron chi connectivity index (χ4n) is 3.16. The van der Waals surface area contributed by atoms with Crippen LogP contribution in [0.25, 0.3) is 0 Å². The molecule has 0 unspecified atom stereocenters. The largest absolute Gasteiger partial charge is 0.493 e. The average molecular weight is 470 g/mol. The van der Waals surface area contributed by atoms with Gasteiger partial charge >= 0.3 is 0 Å². The average Bonchev–Trinajstić information content (AvgIpc) is 2.78. The van der Waals surface area contributed by atoms with E-state index in [1.807, 2.05) is 58.9 Å². The van der Waals surface area contributed by atoms with Crippen LogP contribution in [0.3, 0.4) is 0 Å². The van der Waals surface area contributed by atoms with E-state index in [4.69, 9.17) is 14.2 Å². The maximum absolute atomic E-state index is 12.7. The van der Waals surface area contributed by atoms with Crippen molar-refractivity contribution >= 4 is 18.0 Å². The van der Waals surface area contributed by atoms with Crippen LogP contribution >= 0.6 is 0 Å². The summed E-state index contributed by atoms with van der Waals surface area (Å²) in [5, 5.41) is 6.79. The third-order valence-electron chi connectivity index (χ3n) is 4.75. The molecule has 0 heterocycles. The number of ether oxygens (including phenoxy) is 3. The van der Waals surface area contributed by atoms with Crippen molar-refractivity contribution in [2.24, 2.45) is 11.0 Å². The minimum Gasteiger partial charge on any atom is -0.493 e. The fraction of sp³-hybridized carbons (Fsp3) is 0.423. The fourth-order valence-corrected chi connectivity index (χ4v) is 3.16. The lowest BCUT2D eigenvalue weighted by atomic mass is 10.0. The number of carbonyl (C=O) groups excluding carboxylic acids is 2. The maximum Gasteiger partial charge on any atom is 0.262 e. The van der Waals surface area contributed by atoms with Crippen LogP contribution in [0.1, 0.15) is 45.2 Å². The molecule has 0 fully saturated rings. The molecule has 184 valence electrons. The van der Waals surface area contributed by atoms with Gasteiger partial charge in [0.2, 0.25) is 0 Å². The van der Waals surface area contributed by atoms with E-state index >= 15 is 0 Å². The molecule has 0 aliphatic carbocycles. The Morgan fingerprint density at radius 3 is 2.41 bits per heavy atom. The minimum atomic E-state index is -0.735. The van der Waals surface area contributed by atoms with E-state index in [2.05, 4.69) is 15.8 Å². The van der Waals surface area contributed by atoms with Crippen molar-refractivity contribution in [3.05, 3.63) is 53.6 Å². The van der Waals surface area contributed by atoms with Gasteiger partial charge in [0.15, 0.2) is 18.1 Å². The number of methoxy groups -OCH3 is 1. The third-order valence-corrected chi connectivity index (χ3v) is 4.75. The SMILES string of the molecule is COc1cc(/C=N\NC(=O)[C@H](CC(C)C)NC(=O)COc2ccccc2C)ccc1OC(C)C. The van der Waals surface area contributed by atoms with Crippen molar-refractivity contribution in [3.8, 4) is 17.2 Å². The van der Waals surface area contributed by atoms with Gasteiger partial charge in [0, 0.05) is 0 Å². The first-order chi connectivity index (χ1) is 16.2. The normalized spacial score (nSPS) is 12.0. The molecule has 0 saturated heterocycles. The van der Waals surface area contributed by atoms with Crippen LogP contribution < -0.4 is 25.0 Å². The molecule has 2 N–H and O–H groups in total. The molecule has 0 radical (unpaired) electrons. The highest BCUT2D eigenvalue weighted by atomic mass is 16.5. The number of hydrogen-bond donors (Lipinski definition) is 2. The Labute approximate surface area is 201 Å². The van der Waals surface area contributed by atoms with Crippen molar-refractivity contribution in [3.63, 3.8) is 0 Å². The monoisotopic (exact) mass is 469 g/mol. The molecule has 0 aliphatic rings. The lowest BCUT2D eigenvalue weighted by Crippen LogP contribution is -2.47. The molecule has 34 heavy (non-hydrogen) atoms. The molecular weight excluding hydrogens is 434 g/mol. The molecule has 2 aromatic carbocycles. The number of aryl methyl sites for hydroxylation is 1. The van der Waals surface area contributed by atoms with Crippen molar-refractivity contribution < 1.29 is 23.8 Å². The Kier molecular flexibility index (Phi) is 10.4. The Balaban J connectivity index is 1.97. The van der Waals surface area contributed by atoms with Crippen molar-refractivity contribution in [2.75, 3.05) is 13.7 Å². The molecular formula is C26H35N3O5. The van der Waals surface area contributed by atoms with Gasteiger partial charge in [-0.2, -0.15) is 5.10 Å². The van der Waals surface area contributed by atoms with Crippen LogP contribution in [-0.2, 0) is 9.59 Å². The highest BCUT2D eigenvalue weighted by Gasteiger charge is 2.22. The van der Waals surface area contributed by atoms with Crippen LogP contribution in [0.5, 0.6) is 17.2 Å². The number of nitrogens with zero attached hydrogens (tertiary/aromatic N) is 1. The zero-order valence-corrected chi connectivity index (χ0v) is 20.8. The first kappa shape index (κ1) is 26.7. The minimum absolute atomic E-state index is 0.0166. The maximum atomic E-state index is 12.7. The number of hydrogen-bond acceptors (Lipinski definition) is 6. The zero-order valence-electron chi connectivity index (χ0n) is 20.8. The van der Waals surface area contributed by atoms with Gasteiger partial charge in [-0.05, 0) is 68.5 Å². The topological polar surface area (TPSA) is 98.2 Å². The summed E-state index contributed by atoms with van der Waals surface area (Å²) in [5.41, 5.74) is 4.17. The van der Waals surface area contributed by atoms with E-state index < -0.39 is 11.9 Å². The van der Waals surface area contributed by atoms with E-state index in [0.29, 0.717) is 23.7 Å². The number of rotatable bonds is 12. The summed E-state index contributed by atoms with van der Waals surface area (Å²) in [6.45, 7) is 9.55. The Hall–Kier alpha value is -3.55. The number of benzene rings is 2. The highest BCUT2D eigenvalue weighted by molar-refractivity contribution is 5.89. The number of amides is 2. The van der Waals surface area contributed by atoms with Gasteiger partial charge in [-0.15, -0.1) is 0 Å². The second-order valence-electron chi connectivity index (χ2n) is 8.61. The first-order valence-electron chi connectivity index (χ1n) is 11.3. The lowest BCUT2D eigenvalue weighted by Gasteiger charge is -2.19. The molecule has 0 aliphatic heterocycles. The summed E-state index contributed by atoms with van der Waals surface area (Å²) < 4.78 is 16.7. The predicted octanol–water partition coefficient (Wildman–Crippen LogP) is 3.85. The van der Waals surface area contributed by atoms with Gasteiger partial charge in [0.25, 0.3) is 11.8 Å². The van der Waals surface area contributed by atoms with E-state index in [9.17, 15) is 9.59 Å². The molecule has 0 aromatic heterocycles. The van der Waals surface area contributed by atoms with Gasteiger partial charge < -0.3 is 19.5 Å². The van der Waals surface area contributed by atoms with Crippen LogP contribution in [0.2, 0.25) is 0 Å². The molecule has 0 spiro atoms. The van der Waals surface area contributed by atoms with Gasteiger partial charge in [-0.1, -0.05) is 32.0 Å². The Bertz CT molecular complexity index is 988.